The van der Waals surface area contributed by atoms with E-state index in [4.69, 9.17) is 9.47 Å². The van der Waals surface area contributed by atoms with Gasteiger partial charge in [0.05, 0.1) is 12.7 Å². The lowest BCUT2D eigenvalue weighted by molar-refractivity contribution is -0.119. The van der Waals surface area contributed by atoms with Crippen LogP contribution in [0.4, 0.5) is 5.69 Å². The molecule has 142 valence electrons. The summed E-state index contributed by atoms with van der Waals surface area (Å²) in [6.45, 7) is 1.01. The Morgan fingerprint density at radius 2 is 1.68 bits per heavy atom. The fourth-order valence-electron chi connectivity index (χ4n) is 2.85. The molecule has 0 aliphatic heterocycles. The zero-order chi connectivity index (χ0) is 20.1. The quantitative estimate of drug-likeness (QED) is 0.521. The molecule has 0 atom stereocenters. The molecule has 3 rings (SSSR count). The van der Waals surface area contributed by atoms with Crippen molar-refractivity contribution >= 4 is 34.1 Å². The Labute approximate surface area is 162 Å². The van der Waals surface area contributed by atoms with E-state index in [0.717, 1.165) is 5.39 Å². The van der Waals surface area contributed by atoms with Gasteiger partial charge in [0.25, 0.3) is 5.91 Å². The van der Waals surface area contributed by atoms with E-state index in [9.17, 15) is 14.4 Å². The van der Waals surface area contributed by atoms with Crippen LogP contribution in [0.25, 0.3) is 10.8 Å². The first-order valence-electron chi connectivity index (χ1n) is 8.63. The first-order chi connectivity index (χ1) is 13.5. The van der Waals surface area contributed by atoms with E-state index in [0.29, 0.717) is 28.0 Å². The predicted octanol–water partition coefficient (Wildman–Crippen LogP) is 3.85. The van der Waals surface area contributed by atoms with Crippen LogP contribution in [0.15, 0.2) is 60.7 Å². The number of nitrogens with one attached hydrogen (secondary N) is 1. The molecule has 0 unspecified atom stereocenters. The van der Waals surface area contributed by atoms with Gasteiger partial charge in [-0.15, -0.1) is 0 Å². The average molecular weight is 377 g/mol. The molecule has 28 heavy (non-hydrogen) atoms. The number of carbonyl (C=O) groups excluding carboxylic acids is 3. The van der Waals surface area contributed by atoms with Crippen molar-refractivity contribution in [1.29, 1.82) is 0 Å². The third-order valence-electron chi connectivity index (χ3n) is 4.21. The highest BCUT2D eigenvalue weighted by molar-refractivity contribution is 6.07. The highest BCUT2D eigenvalue weighted by atomic mass is 16.5. The van der Waals surface area contributed by atoms with E-state index >= 15 is 0 Å². The lowest BCUT2D eigenvalue weighted by atomic mass is 10.0. The Hall–Kier alpha value is -3.67. The summed E-state index contributed by atoms with van der Waals surface area (Å²) < 4.78 is 10.5. The van der Waals surface area contributed by atoms with Crippen LogP contribution in [0.3, 0.4) is 0 Å². The molecule has 0 aliphatic rings. The summed E-state index contributed by atoms with van der Waals surface area (Å²) in [4.78, 5) is 36.0. The molecule has 0 saturated carbocycles. The molecular weight excluding hydrogens is 358 g/mol. The van der Waals surface area contributed by atoms with Gasteiger partial charge in [0.15, 0.2) is 12.4 Å². The number of hydrogen-bond donors (Lipinski definition) is 1. The van der Waals surface area contributed by atoms with Crippen molar-refractivity contribution in [1.82, 2.24) is 0 Å². The number of amides is 1. The van der Waals surface area contributed by atoms with Gasteiger partial charge >= 0.3 is 5.97 Å². The molecule has 0 aromatic heterocycles. The average Bonchev–Trinajstić information content (AvgIpc) is 2.71. The Morgan fingerprint density at radius 3 is 2.39 bits per heavy atom. The van der Waals surface area contributed by atoms with Gasteiger partial charge in [0, 0.05) is 16.6 Å². The molecule has 6 heteroatoms. The Kier molecular flexibility index (Phi) is 5.69. The minimum absolute atomic E-state index is 0.103. The minimum Gasteiger partial charge on any atom is -0.496 e. The van der Waals surface area contributed by atoms with Gasteiger partial charge in [-0.25, -0.2) is 4.79 Å². The number of fused-ring (bicyclic) bond motifs is 1. The Morgan fingerprint density at radius 1 is 0.929 bits per heavy atom. The number of hydrogen-bond acceptors (Lipinski definition) is 5. The van der Waals surface area contributed by atoms with Crippen molar-refractivity contribution in [3.05, 3.63) is 71.8 Å². The number of Topliss-reactive ketones (excluding diaryl/α,β-unsaturated/α-hetero) is 1. The summed E-state index contributed by atoms with van der Waals surface area (Å²) in [6.07, 6.45) is 0. The van der Waals surface area contributed by atoms with Crippen LogP contribution < -0.4 is 10.1 Å². The highest BCUT2D eigenvalue weighted by Gasteiger charge is 2.15. The van der Waals surface area contributed by atoms with Crippen molar-refractivity contribution in [2.45, 2.75) is 6.92 Å². The van der Waals surface area contributed by atoms with E-state index in [1.54, 1.807) is 49.6 Å². The second-order valence-corrected chi connectivity index (χ2v) is 6.12. The van der Waals surface area contributed by atoms with Crippen LogP contribution in [-0.4, -0.2) is 31.4 Å². The Balaban J connectivity index is 1.69. The molecule has 6 nitrogen and oxygen atoms in total. The molecule has 0 saturated heterocycles. The SMILES string of the molecule is COc1ccc(C(=O)OCC(=O)Nc2cccc(C(C)=O)c2)c2ccccc12. The molecule has 0 radical (unpaired) electrons. The number of ether oxygens (including phenoxy) is 2. The monoisotopic (exact) mass is 377 g/mol. The van der Waals surface area contributed by atoms with Crippen molar-refractivity contribution in [2.75, 3.05) is 19.0 Å². The summed E-state index contributed by atoms with van der Waals surface area (Å²) in [5.41, 5.74) is 1.30. The highest BCUT2D eigenvalue weighted by Crippen LogP contribution is 2.28. The minimum atomic E-state index is -0.605. The molecular formula is C22H19NO5. The molecule has 1 N–H and O–H groups in total. The molecule has 0 bridgehead atoms. The maximum absolute atomic E-state index is 12.5. The van der Waals surface area contributed by atoms with Gasteiger partial charge in [-0.1, -0.05) is 36.4 Å². The van der Waals surface area contributed by atoms with Crippen LogP contribution in [0, 0.1) is 0 Å². The molecule has 0 fully saturated rings. The van der Waals surface area contributed by atoms with Gasteiger partial charge in [-0.3, -0.25) is 9.59 Å². The Bertz CT molecular complexity index is 1060. The lowest BCUT2D eigenvalue weighted by Gasteiger charge is -2.11. The summed E-state index contributed by atoms with van der Waals surface area (Å²) in [6, 6.07) is 17.2. The van der Waals surface area contributed by atoms with Crippen molar-refractivity contribution < 1.29 is 23.9 Å². The number of methoxy groups -OCH3 is 1. The topological polar surface area (TPSA) is 81.7 Å². The molecule has 3 aromatic rings. The summed E-state index contributed by atoms with van der Waals surface area (Å²) in [5.74, 6) is -0.553. The van der Waals surface area contributed by atoms with Crippen LogP contribution in [-0.2, 0) is 9.53 Å². The maximum Gasteiger partial charge on any atom is 0.339 e. The molecule has 1 amide bonds. The second-order valence-electron chi connectivity index (χ2n) is 6.12. The molecule has 0 heterocycles. The van der Waals surface area contributed by atoms with E-state index in [2.05, 4.69) is 5.32 Å². The van der Waals surface area contributed by atoms with E-state index in [-0.39, 0.29) is 5.78 Å². The van der Waals surface area contributed by atoms with Gasteiger partial charge < -0.3 is 14.8 Å². The van der Waals surface area contributed by atoms with Crippen molar-refractivity contribution in [3.63, 3.8) is 0 Å². The fraction of sp³-hybridized carbons (Fsp3) is 0.136. The van der Waals surface area contributed by atoms with E-state index < -0.39 is 18.5 Å². The summed E-state index contributed by atoms with van der Waals surface area (Å²) in [5, 5.41) is 4.08. The van der Waals surface area contributed by atoms with Gasteiger partial charge in [0.2, 0.25) is 0 Å². The summed E-state index contributed by atoms with van der Waals surface area (Å²) in [7, 11) is 1.56. The smallest absolute Gasteiger partial charge is 0.339 e. The third kappa shape index (κ3) is 4.17. The molecule has 3 aromatic carbocycles. The van der Waals surface area contributed by atoms with Crippen molar-refractivity contribution in [2.24, 2.45) is 0 Å². The number of rotatable bonds is 6. The number of carbonyl (C=O) groups is 3. The zero-order valence-electron chi connectivity index (χ0n) is 15.5. The van der Waals surface area contributed by atoms with Crippen LogP contribution >= 0.6 is 0 Å². The summed E-state index contributed by atoms with van der Waals surface area (Å²) >= 11 is 0. The molecule has 0 spiro atoms. The maximum atomic E-state index is 12.5. The number of esters is 1. The number of ketones is 1. The lowest BCUT2D eigenvalue weighted by Crippen LogP contribution is -2.21. The normalized spacial score (nSPS) is 10.4. The van der Waals surface area contributed by atoms with E-state index in [1.165, 1.54) is 6.92 Å². The van der Waals surface area contributed by atoms with Gasteiger partial charge in [0.1, 0.15) is 5.75 Å². The predicted molar refractivity (Wildman–Crippen MR) is 106 cm³/mol. The van der Waals surface area contributed by atoms with Gasteiger partial charge in [-0.05, 0) is 36.6 Å². The first-order valence-corrected chi connectivity index (χ1v) is 8.63. The van der Waals surface area contributed by atoms with Gasteiger partial charge in [-0.2, -0.15) is 0 Å². The molecule has 0 aliphatic carbocycles. The largest absolute Gasteiger partial charge is 0.496 e. The second kappa shape index (κ2) is 8.35. The van der Waals surface area contributed by atoms with E-state index in [1.807, 2.05) is 18.2 Å². The van der Waals surface area contributed by atoms with Crippen LogP contribution in [0.2, 0.25) is 0 Å². The first kappa shape index (κ1) is 19.1. The number of anilines is 1. The fourth-order valence-corrected chi connectivity index (χ4v) is 2.85. The van der Waals surface area contributed by atoms with Crippen LogP contribution in [0.1, 0.15) is 27.6 Å². The third-order valence-corrected chi connectivity index (χ3v) is 4.21. The zero-order valence-corrected chi connectivity index (χ0v) is 15.5. The van der Waals surface area contributed by atoms with Crippen LogP contribution in [0.5, 0.6) is 5.75 Å². The standard InChI is InChI=1S/C22H19NO5/c1-14(24)15-6-5-7-16(12-15)23-21(25)13-28-22(26)19-10-11-20(27-2)18-9-4-3-8-17(18)19/h3-12H,13H2,1-2H3,(H,23,25). The number of benzene rings is 3. The van der Waals surface area contributed by atoms with Crippen molar-refractivity contribution in [3.8, 4) is 5.75 Å².